The zero-order valence-corrected chi connectivity index (χ0v) is 9.29. The lowest BCUT2D eigenvalue weighted by molar-refractivity contribution is 0.601. The van der Waals surface area contributed by atoms with Crippen LogP contribution < -0.4 is 0 Å². The van der Waals surface area contributed by atoms with E-state index in [0.717, 1.165) is 6.26 Å². The Balaban J connectivity index is 0.00000144. The maximum atomic E-state index is 11.0. The second-order valence-electron chi connectivity index (χ2n) is 2.39. The maximum absolute atomic E-state index is 11.0. The minimum absolute atomic E-state index is 0. The Hall–Kier alpha value is -0.320. The van der Waals surface area contributed by atoms with Crippen LogP contribution in [0.4, 0.5) is 0 Å². The van der Waals surface area contributed by atoms with E-state index in [2.05, 4.69) is 4.98 Å². The van der Waals surface area contributed by atoms with E-state index in [-0.39, 0.29) is 17.3 Å². The van der Waals surface area contributed by atoms with Gasteiger partial charge in [-0.1, -0.05) is 0 Å². The fourth-order valence-corrected chi connectivity index (χ4v) is 1.43. The molecule has 0 atom stereocenters. The van der Waals surface area contributed by atoms with Gasteiger partial charge >= 0.3 is 0 Å². The highest BCUT2D eigenvalue weighted by atomic mass is 35.5. The summed E-state index contributed by atoms with van der Waals surface area (Å²) in [6.45, 7) is 0. The van der Waals surface area contributed by atoms with Gasteiger partial charge in [0.05, 0.1) is 16.5 Å². The largest absolute Gasteiger partial charge is 0.259 e. The van der Waals surface area contributed by atoms with Gasteiger partial charge in [-0.3, -0.25) is 4.98 Å². The summed E-state index contributed by atoms with van der Waals surface area (Å²) in [6.07, 6.45) is 2.46. The Labute approximate surface area is 88.5 Å². The Morgan fingerprint density at radius 3 is 2.38 bits per heavy atom. The zero-order chi connectivity index (χ0) is 9.19. The van der Waals surface area contributed by atoms with Crippen molar-refractivity contribution >= 4 is 33.8 Å². The lowest BCUT2D eigenvalue weighted by atomic mass is 10.4. The number of alkyl halides is 1. The third-order valence-corrected chi connectivity index (χ3v) is 2.73. The number of rotatable bonds is 2. The van der Waals surface area contributed by atoms with Crippen molar-refractivity contribution in [3.05, 3.63) is 24.0 Å². The van der Waals surface area contributed by atoms with Crippen LogP contribution in [0, 0.1) is 0 Å². The van der Waals surface area contributed by atoms with Crippen LogP contribution in [0.5, 0.6) is 0 Å². The van der Waals surface area contributed by atoms with E-state index in [1.165, 1.54) is 12.3 Å². The molecule has 0 spiro atoms. The average Bonchev–Trinajstić information content (AvgIpc) is 2.03. The van der Waals surface area contributed by atoms with Crippen molar-refractivity contribution in [1.82, 2.24) is 4.98 Å². The SMILES string of the molecule is CS(=O)(=O)c1ccc(CCl)nc1.Cl. The van der Waals surface area contributed by atoms with E-state index in [9.17, 15) is 8.42 Å². The summed E-state index contributed by atoms with van der Waals surface area (Å²) >= 11 is 5.48. The van der Waals surface area contributed by atoms with Crippen molar-refractivity contribution < 1.29 is 8.42 Å². The van der Waals surface area contributed by atoms with E-state index in [4.69, 9.17) is 11.6 Å². The van der Waals surface area contributed by atoms with Gasteiger partial charge in [0, 0.05) is 12.5 Å². The van der Waals surface area contributed by atoms with Crippen molar-refractivity contribution in [2.75, 3.05) is 6.26 Å². The number of nitrogens with zero attached hydrogens (tertiary/aromatic N) is 1. The van der Waals surface area contributed by atoms with Crippen LogP contribution in [0.2, 0.25) is 0 Å². The number of aromatic nitrogens is 1. The van der Waals surface area contributed by atoms with Crippen LogP contribution in [-0.2, 0) is 15.7 Å². The smallest absolute Gasteiger partial charge is 0.177 e. The molecule has 0 bridgehead atoms. The van der Waals surface area contributed by atoms with E-state index >= 15 is 0 Å². The molecule has 6 heteroatoms. The predicted molar refractivity (Wildman–Crippen MR) is 54.2 cm³/mol. The molecular formula is C7H9Cl2NO2S. The maximum Gasteiger partial charge on any atom is 0.177 e. The van der Waals surface area contributed by atoms with E-state index in [1.807, 2.05) is 0 Å². The number of hydrogen-bond donors (Lipinski definition) is 0. The van der Waals surface area contributed by atoms with Crippen LogP contribution in [0.3, 0.4) is 0 Å². The van der Waals surface area contributed by atoms with Crippen molar-refractivity contribution in [1.29, 1.82) is 0 Å². The molecule has 1 rings (SSSR count). The predicted octanol–water partition coefficient (Wildman–Crippen LogP) is 1.65. The van der Waals surface area contributed by atoms with Crippen molar-refractivity contribution in [3.8, 4) is 0 Å². The van der Waals surface area contributed by atoms with Gasteiger partial charge in [-0.2, -0.15) is 0 Å². The number of sulfone groups is 1. The fourth-order valence-electron chi connectivity index (χ4n) is 0.709. The van der Waals surface area contributed by atoms with Crippen LogP contribution in [0.15, 0.2) is 23.2 Å². The van der Waals surface area contributed by atoms with Gasteiger partial charge in [0.25, 0.3) is 0 Å². The van der Waals surface area contributed by atoms with Gasteiger partial charge in [0.2, 0.25) is 0 Å². The molecule has 0 saturated carbocycles. The molecule has 0 aliphatic heterocycles. The molecule has 0 aliphatic carbocycles. The molecule has 0 unspecified atom stereocenters. The Kier molecular flexibility index (Phi) is 4.67. The minimum atomic E-state index is -3.13. The Morgan fingerprint density at radius 2 is 2.08 bits per heavy atom. The molecule has 1 heterocycles. The average molecular weight is 242 g/mol. The van der Waals surface area contributed by atoms with Crippen molar-refractivity contribution in [2.45, 2.75) is 10.8 Å². The van der Waals surface area contributed by atoms with E-state index in [1.54, 1.807) is 6.07 Å². The molecule has 0 aliphatic rings. The second-order valence-corrected chi connectivity index (χ2v) is 4.67. The molecule has 1 aromatic rings. The molecule has 0 amide bonds. The second kappa shape index (κ2) is 4.79. The summed E-state index contributed by atoms with van der Waals surface area (Å²) in [5.74, 6) is 0.296. The van der Waals surface area contributed by atoms with Crippen molar-refractivity contribution in [3.63, 3.8) is 0 Å². The molecule has 0 aromatic carbocycles. The normalized spacial score (nSPS) is 10.6. The monoisotopic (exact) mass is 241 g/mol. The quantitative estimate of drug-likeness (QED) is 0.741. The number of pyridine rings is 1. The molecule has 3 nitrogen and oxygen atoms in total. The first-order chi connectivity index (χ1) is 5.54. The van der Waals surface area contributed by atoms with Crippen molar-refractivity contribution in [2.24, 2.45) is 0 Å². The summed E-state index contributed by atoms with van der Waals surface area (Å²) in [7, 11) is -3.13. The molecule has 74 valence electrons. The molecular weight excluding hydrogens is 233 g/mol. The van der Waals surface area contributed by atoms with Gasteiger partial charge in [0.15, 0.2) is 9.84 Å². The van der Waals surface area contributed by atoms with Gasteiger partial charge < -0.3 is 0 Å². The molecule has 0 N–H and O–H groups in total. The summed E-state index contributed by atoms with van der Waals surface area (Å²) in [6, 6.07) is 3.10. The summed E-state index contributed by atoms with van der Waals surface area (Å²) in [4.78, 5) is 4.07. The summed E-state index contributed by atoms with van der Waals surface area (Å²) < 4.78 is 21.9. The molecule has 1 aromatic heterocycles. The highest BCUT2D eigenvalue weighted by Crippen LogP contribution is 2.08. The summed E-state index contributed by atoms with van der Waals surface area (Å²) in [5.41, 5.74) is 0.670. The van der Waals surface area contributed by atoms with Crippen LogP contribution in [0.1, 0.15) is 5.69 Å². The van der Waals surface area contributed by atoms with Gasteiger partial charge in [-0.25, -0.2) is 8.42 Å². The lowest BCUT2D eigenvalue weighted by Crippen LogP contribution is -1.98. The van der Waals surface area contributed by atoms with Gasteiger partial charge in [-0.05, 0) is 12.1 Å². The third kappa shape index (κ3) is 3.50. The number of hydrogen-bond acceptors (Lipinski definition) is 3. The number of halogens is 2. The van der Waals surface area contributed by atoms with Gasteiger partial charge in [-0.15, -0.1) is 24.0 Å². The molecule has 13 heavy (non-hydrogen) atoms. The van der Waals surface area contributed by atoms with Gasteiger partial charge in [0.1, 0.15) is 0 Å². The van der Waals surface area contributed by atoms with E-state index < -0.39 is 9.84 Å². The van der Waals surface area contributed by atoms with Crippen LogP contribution in [-0.4, -0.2) is 19.7 Å². The topological polar surface area (TPSA) is 47.0 Å². The van der Waals surface area contributed by atoms with E-state index in [0.29, 0.717) is 11.6 Å². The first-order valence-corrected chi connectivity index (χ1v) is 5.67. The molecule has 0 fully saturated rings. The highest BCUT2D eigenvalue weighted by Gasteiger charge is 2.06. The summed E-state index contributed by atoms with van der Waals surface area (Å²) in [5, 5.41) is 0. The lowest BCUT2D eigenvalue weighted by Gasteiger charge is -1.97. The zero-order valence-electron chi connectivity index (χ0n) is 6.90. The minimum Gasteiger partial charge on any atom is -0.259 e. The Morgan fingerprint density at radius 1 is 1.46 bits per heavy atom. The first-order valence-electron chi connectivity index (χ1n) is 3.25. The highest BCUT2D eigenvalue weighted by molar-refractivity contribution is 7.90. The van der Waals surface area contributed by atoms with Crippen LogP contribution >= 0.6 is 24.0 Å². The standard InChI is InChI=1S/C7H8ClNO2S.ClH/c1-12(10,11)7-3-2-6(4-8)9-5-7;/h2-3,5H,4H2,1H3;1H. The van der Waals surface area contributed by atoms with Crippen LogP contribution in [0.25, 0.3) is 0 Å². The molecule has 0 saturated heterocycles. The third-order valence-electron chi connectivity index (χ3n) is 1.36. The Bertz CT molecular complexity index is 361. The molecule has 0 radical (unpaired) electrons. The first kappa shape index (κ1) is 12.7. The fraction of sp³-hybridized carbons (Fsp3) is 0.286.